The fourth-order valence-corrected chi connectivity index (χ4v) is 2.79. The number of rotatable bonds is 3. The van der Waals surface area contributed by atoms with Gasteiger partial charge in [-0.1, -0.05) is 30.3 Å². The Balaban J connectivity index is 1.92. The lowest BCUT2D eigenvalue weighted by molar-refractivity contribution is 0.112. The molecule has 6 nitrogen and oxygen atoms in total. The third-order valence-electron chi connectivity index (χ3n) is 4.02. The number of benzene rings is 1. The van der Waals surface area contributed by atoms with Crippen molar-refractivity contribution >= 4 is 23.1 Å². The van der Waals surface area contributed by atoms with Crippen LogP contribution in [-0.2, 0) is 4.74 Å². The molecule has 1 aliphatic heterocycles. The van der Waals surface area contributed by atoms with Gasteiger partial charge in [-0.05, 0) is 6.07 Å². The molecule has 0 atom stereocenters. The van der Waals surface area contributed by atoms with Crippen molar-refractivity contribution in [2.24, 2.45) is 0 Å². The molecule has 0 amide bonds. The number of hydrogen-bond donors (Lipinski definition) is 0. The summed E-state index contributed by atoms with van der Waals surface area (Å²) in [5, 5.41) is 0. The van der Waals surface area contributed by atoms with E-state index < -0.39 is 0 Å². The molecule has 6 heteroatoms. The van der Waals surface area contributed by atoms with Crippen molar-refractivity contribution in [1.29, 1.82) is 0 Å². The van der Waals surface area contributed by atoms with Gasteiger partial charge in [0, 0.05) is 30.4 Å². The number of hydrogen-bond acceptors (Lipinski definition) is 6. The van der Waals surface area contributed by atoms with Gasteiger partial charge in [-0.15, -0.1) is 0 Å². The molecule has 1 aromatic carbocycles. The van der Waals surface area contributed by atoms with Crippen LogP contribution in [0.25, 0.3) is 22.4 Å². The summed E-state index contributed by atoms with van der Waals surface area (Å²) < 4.78 is 5.43. The molecule has 1 saturated heterocycles. The van der Waals surface area contributed by atoms with Crippen LogP contribution < -0.4 is 4.90 Å². The van der Waals surface area contributed by atoms with Crippen molar-refractivity contribution in [2.45, 2.75) is 0 Å². The van der Waals surface area contributed by atoms with E-state index in [1.807, 2.05) is 30.3 Å². The number of aromatic nitrogens is 3. The van der Waals surface area contributed by atoms with Gasteiger partial charge >= 0.3 is 0 Å². The number of aldehydes is 1. The van der Waals surface area contributed by atoms with E-state index in [0.717, 1.165) is 30.8 Å². The Hall–Kier alpha value is -2.86. The molecule has 0 spiro atoms. The zero-order chi connectivity index (χ0) is 16.4. The maximum atomic E-state index is 11.1. The van der Waals surface area contributed by atoms with Gasteiger partial charge in [-0.2, -0.15) is 0 Å². The number of fused-ring (bicyclic) bond motifs is 1. The van der Waals surface area contributed by atoms with Crippen molar-refractivity contribution in [3.63, 3.8) is 0 Å². The van der Waals surface area contributed by atoms with Crippen LogP contribution in [0.4, 0.5) is 5.82 Å². The summed E-state index contributed by atoms with van der Waals surface area (Å²) in [6.07, 6.45) is 2.34. The highest BCUT2D eigenvalue weighted by Crippen LogP contribution is 2.27. The number of pyridine rings is 1. The first-order valence-electron chi connectivity index (χ1n) is 7.86. The zero-order valence-electron chi connectivity index (χ0n) is 13.1. The predicted octanol–water partition coefficient (Wildman–Crippen LogP) is 2.34. The molecule has 1 fully saturated rings. The minimum atomic E-state index is 0.508. The van der Waals surface area contributed by atoms with Gasteiger partial charge < -0.3 is 9.64 Å². The van der Waals surface area contributed by atoms with Gasteiger partial charge in [0.1, 0.15) is 5.52 Å². The van der Waals surface area contributed by atoms with Gasteiger partial charge in [0.2, 0.25) is 0 Å². The predicted molar refractivity (Wildman–Crippen MR) is 91.2 cm³/mol. The molecule has 0 aliphatic carbocycles. The third-order valence-corrected chi connectivity index (χ3v) is 4.02. The molecule has 0 N–H and O–H groups in total. The second-order valence-corrected chi connectivity index (χ2v) is 5.59. The van der Waals surface area contributed by atoms with Crippen LogP contribution in [0, 0.1) is 0 Å². The molecule has 0 radical (unpaired) electrons. The number of morpholine rings is 1. The number of nitrogens with zero attached hydrogens (tertiary/aromatic N) is 4. The fourth-order valence-electron chi connectivity index (χ4n) is 2.79. The SMILES string of the molecule is O=Cc1cnc2c(N3CCOCC3)nc(-c3ccccc3)nc2c1. The molecule has 3 aromatic rings. The van der Waals surface area contributed by atoms with Gasteiger partial charge in [-0.25, -0.2) is 15.0 Å². The van der Waals surface area contributed by atoms with E-state index in [0.29, 0.717) is 35.6 Å². The molecule has 4 rings (SSSR count). The van der Waals surface area contributed by atoms with E-state index in [4.69, 9.17) is 9.72 Å². The van der Waals surface area contributed by atoms with Crippen molar-refractivity contribution in [3.8, 4) is 11.4 Å². The normalized spacial score (nSPS) is 14.8. The van der Waals surface area contributed by atoms with Gasteiger partial charge in [0.05, 0.1) is 18.7 Å². The zero-order valence-corrected chi connectivity index (χ0v) is 13.1. The number of anilines is 1. The highest BCUT2D eigenvalue weighted by molar-refractivity contribution is 5.91. The largest absolute Gasteiger partial charge is 0.378 e. The smallest absolute Gasteiger partial charge is 0.162 e. The Bertz CT molecular complexity index is 877. The number of ether oxygens (including phenoxy) is 1. The summed E-state index contributed by atoms with van der Waals surface area (Å²) in [6, 6.07) is 11.6. The summed E-state index contributed by atoms with van der Waals surface area (Å²) >= 11 is 0. The topological polar surface area (TPSA) is 68.2 Å². The van der Waals surface area contributed by atoms with E-state index in [-0.39, 0.29) is 0 Å². The summed E-state index contributed by atoms with van der Waals surface area (Å²) in [7, 11) is 0. The Labute approximate surface area is 139 Å². The molecular weight excluding hydrogens is 304 g/mol. The molecule has 0 bridgehead atoms. The third kappa shape index (κ3) is 2.72. The van der Waals surface area contributed by atoms with Gasteiger partial charge in [0.15, 0.2) is 17.9 Å². The average Bonchev–Trinajstić information content (AvgIpc) is 2.68. The monoisotopic (exact) mass is 320 g/mol. The molecule has 0 saturated carbocycles. The van der Waals surface area contributed by atoms with E-state index in [1.165, 1.54) is 0 Å². The fraction of sp³-hybridized carbons (Fsp3) is 0.222. The highest BCUT2D eigenvalue weighted by Gasteiger charge is 2.19. The molecular formula is C18H16N4O2. The quantitative estimate of drug-likeness (QED) is 0.690. The summed E-state index contributed by atoms with van der Waals surface area (Å²) in [5.74, 6) is 1.43. The maximum absolute atomic E-state index is 11.1. The van der Waals surface area contributed by atoms with Crippen molar-refractivity contribution in [2.75, 3.05) is 31.2 Å². The Morgan fingerprint density at radius 3 is 2.62 bits per heavy atom. The lowest BCUT2D eigenvalue weighted by Gasteiger charge is -2.28. The molecule has 24 heavy (non-hydrogen) atoms. The first-order valence-corrected chi connectivity index (χ1v) is 7.86. The molecule has 120 valence electrons. The van der Waals surface area contributed by atoms with E-state index in [2.05, 4.69) is 14.9 Å². The first-order chi connectivity index (χ1) is 11.8. The second kappa shape index (κ2) is 6.33. The summed E-state index contributed by atoms with van der Waals surface area (Å²) in [6.45, 7) is 2.85. The van der Waals surface area contributed by atoms with Crippen LogP contribution in [0.2, 0.25) is 0 Å². The van der Waals surface area contributed by atoms with Crippen molar-refractivity contribution in [3.05, 3.63) is 48.2 Å². The lowest BCUT2D eigenvalue weighted by Crippen LogP contribution is -2.37. The van der Waals surface area contributed by atoms with Crippen molar-refractivity contribution < 1.29 is 9.53 Å². The van der Waals surface area contributed by atoms with Crippen molar-refractivity contribution in [1.82, 2.24) is 15.0 Å². The lowest BCUT2D eigenvalue weighted by atomic mass is 10.2. The van der Waals surface area contributed by atoms with Crippen LogP contribution in [0.3, 0.4) is 0 Å². The maximum Gasteiger partial charge on any atom is 0.162 e. The van der Waals surface area contributed by atoms with E-state index in [9.17, 15) is 4.79 Å². The van der Waals surface area contributed by atoms with Crippen LogP contribution in [0.5, 0.6) is 0 Å². The van der Waals surface area contributed by atoms with E-state index in [1.54, 1.807) is 12.3 Å². The van der Waals surface area contributed by atoms with Crippen LogP contribution in [-0.4, -0.2) is 47.5 Å². The summed E-state index contributed by atoms with van der Waals surface area (Å²) in [4.78, 5) is 27.0. The molecule has 1 aliphatic rings. The van der Waals surface area contributed by atoms with E-state index >= 15 is 0 Å². The van der Waals surface area contributed by atoms with Gasteiger partial charge in [-0.3, -0.25) is 4.79 Å². The Kier molecular flexibility index (Phi) is 3.88. The number of carbonyl (C=O) groups excluding carboxylic acids is 1. The second-order valence-electron chi connectivity index (χ2n) is 5.59. The highest BCUT2D eigenvalue weighted by atomic mass is 16.5. The Morgan fingerprint density at radius 1 is 1.08 bits per heavy atom. The standard InChI is InChI=1S/C18H16N4O2/c23-12-13-10-15-16(19-11-13)18(22-6-8-24-9-7-22)21-17(20-15)14-4-2-1-3-5-14/h1-5,10-12H,6-9H2. The minimum absolute atomic E-state index is 0.508. The van der Waals surface area contributed by atoms with Crippen LogP contribution >= 0.6 is 0 Å². The van der Waals surface area contributed by atoms with Crippen LogP contribution in [0.1, 0.15) is 10.4 Å². The first kappa shape index (κ1) is 14.7. The minimum Gasteiger partial charge on any atom is -0.378 e. The van der Waals surface area contributed by atoms with Gasteiger partial charge in [0.25, 0.3) is 0 Å². The summed E-state index contributed by atoms with van der Waals surface area (Å²) in [5.41, 5.74) is 2.83. The number of carbonyl (C=O) groups is 1. The Morgan fingerprint density at radius 2 is 1.88 bits per heavy atom. The molecule has 0 unspecified atom stereocenters. The molecule has 3 heterocycles. The molecule has 2 aromatic heterocycles. The van der Waals surface area contributed by atoms with Crippen LogP contribution in [0.15, 0.2) is 42.6 Å². The average molecular weight is 320 g/mol.